The molecule has 0 saturated carbocycles. The molecule has 0 saturated heterocycles. The van der Waals surface area contributed by atoms with Gasteiger partial charge in [-0.3, -0.25) is 4.79 Å². The fraction of sp³-hybridized carbons (Fsp3) is 0.0667. The van der Waals surface area contributed by atoms with E-state index in [1.54, 1.807) is 0 Å². The molecule has 2 rings (SSSR count). The third kappa shape index (κ3) is 2.70. The van der Waals surface area contributed by atoms with Gasteiger partial charge in [0, 0.05) is 11.6 Å². The van der Waals surface area contributed by atoms with Crippen molar-refractivity contribution in [2.45, 2.75) is 0 Å². The van der Waals surface area contributed by atoms with Gasteiger partial charge in [0.2, 0.25) is 0 Å². The zero-order chi connectivity index (χ0) is 14.5. The van der Waals surface area contributed by atoms with Crippen molar-refractivity contribution in [2.24, 2.45) is 0 Å². The summed E-state index contributed by atoms with van der Waals surface area (Å²) >= 11 is 0. The van der Waals surface area contributed by atoms with E-state index >= 15 is 0 Å². The number of esters is 1. The molecule has 100 valence electrons. The van der Waals surface area contributed by atoms with E-state index < -0.39 is 23.2 Å². The van der Waals surface area contributed by atoms with Crippen LogP contribution in [0.4, 0.5) is 0 Å². The second-order valence-corrected chi connectivity index (χ2v) is 3.86. The van der Waals surface area contributed by atoms with Crippen molar-refractivity contribution in [2.75, 3.05) is 7.11 Å². The molecule has 0 unspecified atom stereocenters. The molecule has 20 heavy (non-hydrogen) atoms. The highest BCUT2D eigenvalue weighted by molar-refractivity contribution is 6.19. The molecule has 0 spiro atoms. The molecule has 5 nitrogen and oxygen atoms in total. The summed E-state index contributed by atoms with van der Waals surface area (Å²) in [7, 11) is 1.13. The molecule has 1 aromatic carbocycles. The number of aliphatic hydroxyl groups excluding tert-OH is 1. The first kappa shape index (κ1) is 13.4. The summed E-state index contributed by atoms with van der Waals surface area (Å²) in [4.78, 5) is 22.8. The van der Waals surface area contributed by atoms with Crippen LogP contribution in [0.1, 0.15) is 5.56 Å². The van der Waals surface area contributed by atoms with E-state index in [2.05, 4.69) is 21.9 Å². The SMILES string of the molecule is COC(=O)C1=C(O)/C(=C\C#Cc2ccccc2)NC1=O. The van der Waals surface area contributed by atoms with Crippen LogP contribution in [0.5, 0.6) is 0 Å². The summed E-state index contributed by atoms with van der Waals surface area (Å²) < 4.78 is 4.42. The fourth-order valence-corrected chi connectivity index (χ4v) is 1.60. The van der Waals surface area contributed by atoms with Gasteiger partial charge in [0.15, 0.2) is 11.3 Å². The zero-order valence-electron chi connectivity index (χ0n) is 10.6. The predicted octanol–water partition coefficient (Wildman–Crippen LogP) is 1.04. The number of hydrogen-bond donors (Lipinski definition) is 2. The minimum atomic E-state index is -0.889. The molecule has 0 aliphatic carbocycles. The van der Waals surface area contributed by atoms with Crippen LogP contribution in [0.15, 0.2) is 53.4 Å². The second kappa shape index (κ2) is 5.76. The highest BCUT2D eigenvalue weighted by atomic mass is 16.5. The number of carbonyl (C=O) groups is 2. The van der Waals surface area contributed by atoms with Gasteiger partial charge < -0.3 is 15.2 Å². The van der Waals surface area contributed by atoms with Gasteiger partial charge in [-0.2, -0.15) is 0 Å². The molecule has 1 heterocycles. The highest BCUT2D eigenvalue weighted by Gasteiger charge is 2.32. The average molecular weight is 269 g/mol. The van der Waals surface area contributed by atoms with Gasteiger partial charge in [-0.25, -0.2) is 4.79 Å². The molecule has 0 aromatic heterocycles. The second-order valence-electron chi connectivity index (χ2n) is 3.86. The summed E-state index contributed by atoms with van der Waals surface area (Å²) in [6.07, 6.45) is 1.33. The molecule has 2 N–H and O–H groups in total. The number of rotatable bonds is 1. The van der Waals surface area contributed by atoms with Crippen molar-refractivity contribution < 1.29 is 19.4 Å². The number of hydrogen-bond acceptors (Lipinski definition) is 4. The lowest BCUT2D eigenvalue weighted by Crippen LogP contribution is -2.20. The van der Waals surface area contributed by atoms with Crippen LogP contribution >= 0.6 is 0 Å². The van der Waals surface area contributed by atoms with E-state index in [4.69, 9.17) is 0 Å². The van der Waals surface area contributed by atoms with Gasteiger partial charge in [0.25, 0.3) is 5.91 Å². The molecule has 1 aliphatic heterocycles. The van der Waals surface area contributed by atoms with E-state index in [0.29, 0.717) is 0 Å². The number of methoxy groups -OCH3 is 1. The third-order valence-electron chi connectivity index (χ3n) is 2.56. The number of carbonyl (C=O) groups excluding carboxylic acids is 2. The highest BCUT2D eigenvalue weighted by Crippen LogP contribution is 2.18. The van der Waals surface area contributed by atoms with E-state index in [1.165, 1.54) is 6.08 Å². The largest absolute Gasteiger partial charge is 0.505 e. The van der Waals surface area contributed by atoms with Gasteiger partial charge >= 0.3 is 5.97 Å². The monoisotopic (exact) mass is 269 g/mol. The Morgan fingerprint density at radius 1 is 1.35 bits per heavy atom. The standard InChI is InChI=1S/C15H11NO4/c1-20-15(19)12-13(17)11(16-14(12)18)9-5-8-10-6-3-2-4-7-10/h2-4,6-7,9,17H,1H3,(H,16,18)/b11-9+. The van der Waals surface area contributed by atoms with Crippen LogP contribution in [0.25, 0.3) is 0 Å². The number of benzene rings is 1. The smallest absolute Gasteiger partial charge is 0.347 e. The molecule has 5 heteroatoms. The molecule has 0 atom stereocenters. The summed E-state index contributed by atoms with van der Waals surface area (Å²) in [6.45, 7) is 0. The third-order valence-corrected chi connectivity index (χ3v) is 2.56. The van der Waals surface area contributed by atoms with E-state index in [-0.39, 0.29) is 5.70 Å². The molecular weight excluding hydrogens is 258 g/mol. The van der Waals surface area contributed by atoms with Gasteiger partial charge in [0.1, 0.15) is 0 Å². The predicted molar refractivity (Wildman–Crippen MR) is 71.2 cm³/mol. The Bertz CT molecular complexity index is 675. The van der Waals surface area contributed by atoms with Gasteiger partial charge in [0.05, 0.1) is 12.8 Å². The summed E-state index contributed by atoms with van der Waals surface area (Å²) in [6, 6.07) is 9.23. The van der Waals surface area contributed by atoms with E-state index in [0.717, 1.165) is 12.7 Å². The molecule has 1 amide bonds. The van der Waals surface area contributed by atoms with Crippen molar-refractivity contribution in [1.29, 1.82) is 0 Å². The van der Waals surface area contributed by atoms with Crippen LogP contribution in [0, 0.1) is 11.8 Å². The Morgan fingerprint density at radius 3 is 2.70 bits per heavy atom. The molecular formula is C15H11NO4. The van der Waals surface area contributed by atoms with Gasteiger partial charge in [-0.15, -0.1) is 0 Å². The van der Waals surface area contributed by atoms with Gasteiger partial charge in [-0.1, -0.05) is 30.0 Å². The first-order valence-corrected chi connectivity index (χ1v) is 5.73. The topological polar surface area (TPSA) is 75.6 Å². The zero-order valence-corrected chi connectivity index (χ0v) is 10.6. The lowest BCUT2D eigenvalue weighted by Gasteiger charge is -1.95. The number of ether oxygens (including phenoxy) is 1. The maximum Gasteiger partial charge on any atom is 0.347 e. The van der Waals surface area contributed by atoms with Crippen LogP contribution in [-0.2, 0) is 14.3 Å². The maximum absolute atomic E-state index is 11.5. The first-order valence-electron chi connectivity index (χ1n) is 5.73. The fourth-order valence-electron chi connectivity index (χ4n) is 1.60. The van der Waals surface area contributed by atoms with Crippen LogP contribution in [0.2, 0.25) is 0 Å². The lowest BCUT2D eigenvalue weighted by atomic mass is 10.2. The molecule has 0 fully saturated rings. The van der Waals surface area contributed by atoms with Crippen molar-refractivity contribution in [1.82, 2.24) is 5.32 Å². The van der Waals surface area contributed by atoms with Crippen molar-refractivity contribution >= 4 is 11.9 Å². The first-order chi connectivity index (χ1) is 9.63. The summed E-state index contributed by atoms with van der Waals surface area (Å²) in [5.74, 6) is 3.49. The average Bonchev–Trinajstić information content (AvgIpc) is 2.74. The Morgan fingerprint density at radius 2 is 2.05 bits per heavy atom. The molecule has 1 aromatic rings. The van der Waals surface area contributed by atoms with Crippen molar-refractivity contribution in [3.05, 3.63) is 59.0 Å². The Kier molecular flexibility index (Phi) is 3.87. The Hall–Kier alpha value is -3.00. The summed E-state index contributed by atoms with van der Waals surface area (Å²) in [5.41, 5.74) is 0.462. The maximum atomic E-state index is 11.5. The van der Waals surface area contributed by atoms with Crippen LogP contribution < -0.4 is 5.32 Å². The summed E-state index contributed by atoms with van der Waals surface area (Å²) in [5, 5.41) is 12.1. The molecule has 1 aliphatic rings. The van der Waals surface area contributed by atoms with Crippen molar-refractivity contribution in [3.8, 4) is 11.8 Å². The van der Waals surface area contributed by atoms with Crippen LogP contribution in [0.3, 0.4) is 0 Å². The minimum absolute atomic E-state index is 0.0823. The number of nitrogens with one attached hydrogen (secondary N) is 1. The molecule has 0 radical (unpaired) electrons. The number of allylic oxidation sites excluding steroid dienone is 1. The van der Waals surface area contributed by atoms with E-state index in [9.17, 15) is 14.7 Å². The van der Waals surface area contributed by atoms with Crippen LogP contribution in [-0.4, -0.2) is 24.1 Å². The number of aliphatic hydroxyl groups is 1. The molecule has 0 bridgehead atoms. The van der Waals surface area contributed by atoms with E-state index in [1.807, 2.05) is 30.3 Å². The van der Waals surface area contributed by atoms with Crippen molar-refractivity contribution in [3.63, 3.8) is 0 Å². The minimum Gasteiger partial charge on any atom is -0.505 e. The number of amides is 1. The Balaban J connectivity index is 2.25. The quantitative estimate of drug-likeness (QED) is 0.454. The van der Waals surface area contributed by atoms with Gasteiger partial charge in [-0.05, 0) is 12.1 Å². The Labute approximate surface area is 115 Å². The normalized spacial score (nSPS) is 15.7. The lowest BCUT2D eigenvalue weighted by molar-refractivity contribution is -0.137.